The van der Waals surface area contributed by atoms with E-state index in [1.54, 1.807) is 6.08 Å². The molecule has 3 rings (SSSR count). The molecular weight excluding hydrogens is 1060 g/mol. The Morgan fingerprint density at radius 3 is 1.33 bits per heavy atom. The van der Waals surface area contributed by atoms with Crippen LogP contribution in [0.3, 0.4) is 0 Å². The minimum absolute atomic E-state index is 0.214. The van der Waals surface area contributed by atoms with E-state index in [0.717, 1.165) is 83.5 Å². The summed E-state index contributed by atoms with van der Waals surface area (Å²) in [6.07, 6.45) is 27.3. The number of unbranched alkanes of at least 4 members (excludes halogenated alkanes) is 19. The fourth-order valence-electron chi connectivity index (χ4n) is 10.1. The van der Waals surface area contributed by atoms with Crippen LogP contribution in [0.25, 0.3) is 0 Å². The van der Waals surface area contributed by atoms with E-state index in [0.29, 0.717) is 12.8 Å². The number of hydrogen-bond acceptors (Lipinski definition) is 18. The lowest BCUT2D eigenvalue weighted by Crippen LogP contribution is -2.66. The summed E-state index contributed by atoms with van der Waals surface area (Å²) in [7, 11) is 0. The fraction of sp³-hybridized carbons (Fsp3) is 0.794. The smallest absolute Gasteiger partial charge is 0.220 e. The van der Waals surface area contributed by atoms with E-state index in [1.807, 2.05) is 6.08 Å². The second kappa shape index (κ2) is 45.5. The van der Waals surface area contributed by atoms with Gasteiger partial charge in [0.05, 0.1) is 38.6 Å². The molecular formula is C63H109NO18. The average molecular weight is 1170 g/mol. The Labute approximate surface area is 489 Å². The van der Waals surface area contributed by atoms with Gasteiger partial charge in [-0.05, 0) is 83.5 Å². The van der Waals surface area contributed by atoms with Crippen molar-refractivity contribution >= 4 is 5.91 Å². The van der Waals surface area contributed by atoms with Crippen LogP contribution in [0.1, 0.15) is 187 Å². The first-order valence-electron chi connectivity index (χ1n) is 31.2. The highest BCUT2D eigenvalue weighted by Crippen LogP contribution is 2.33. The van der Waals surface area contributed by atoms with Gasteiger partial charge >= 0.3 is 0 Å². The lowest BCUT2D eigenvalue weighted by Gasteiger charge is -2.48. The Kier molecular flexibility index (Phi) is 40.8. The molecule has 0 aromatic rings. The Morgan fingerprint density at radius 1 is 0.439 bits per heavy atom. The summed E-state index contributed by atoms with van der Waals surface area (Å²) in [4.78, 5) is 13.3. The number of ether oxygens (including phenoxy) is 6. The molecule has 0 aromatic carbocycles. The summed E-state index contributed by atoms with van der Waals surface area (Å²) in [5.41, 5.74) is 0. The second-order valence-corrected chi connectivity index (χ2v) is 22.1. The van der Waals surface area contributed by atoms with E-state index in [2.05, 4.69) is 79.9 Å². The van der Waals surface area contributed by atoms with Gasteiger partial charge in [-0.15, -0.1) is 0 Å². The minimum atomic E-state index is -1.99. The summed E-state index contributed by atoms with van der Waals surface area (Å²) in [5.74, 6) is -0.305. The van der Waals surface area contributed by atoms with Crippen molar-refractivity contribution in [1.82, 2.24) is 5.32 Å². The molecule has 3 aliphatic rings. The number of rotatable bonds is 45. The molecule has 3 aliphatic heterocycles. The molecule has 17 atom stereocenters. The molecule has 0 radical (unpaired) electrons. The van der Waals surface area contributed by atoms with Crippen LogP contribution in [0.2, 0.25) is 0 Å². The lowest BCUT2D eigenvalue weighted by molar-refractivity contribution is -0.379. The van der Waals surface area contributed by atoms with Gasteiger partial charge in [0.1, 0.15) is 73.2 Å². The molecule has 3 saturated heterocycles. The highest BCUT2D eigenvalue weighted by molar-refractivity contribution is 5.76. The average Bonchev–Trinajstić information content (AvgIpc) is 3.39. The predicted octanol–water partition coefficient (Wildman–Crippen LogP) is 6.21. The summed E-state index contributed by atoms with van der Waals surface area (Å²) in [6, 6.07) is -1.01. The molecule has 19 heteroatoms. The second-order valence-electron chi connectivity index (χ2n) is 22.1. The van der Waals surface area contributed by atoms with Gasteiger partial charge in [0.25, 0.3) is 0 Å². The van der Waals surface area contributed by atoms with Gasteiger partial charge in [0.15, 0.2) is 18.9 Å². The van der Waals surface area contributed by atoms with Gasteiger partial charge in [-0.25, -0.2) is 0 Å². The molecule has 0 bridgehead atoms. The molecule has 3 fully saturated rings. The highest BCUT2D eigenvalue weighted by Gasteiger charge is 2.53. The number of allylic oxidation sites excluding steroid dienone is 11. The van der Waals surface area contributed by atoms with Crippen molar-refractivity contribution in [3.63, 3.8) is 0 Å². The Hall–Kier alpha value is -2.77. The number of amides is 1. The van der Waals surface area contributed by atoms with E-state index in [9.17, 15) is 61.0 Å². The number of carbonyl (C=O) groups is 1. The van der Waals surface area contributed by atoms with E-state index in [1.165, 1.54) is 70.6 Å². The lowest BCUT2D eigenvalue weighted by atomic mass is 9.96. The zero-order valence-corrected chi connectivity index (χ0v) is 49.4. The molecule has 0 aliphatic carbocycles. The third-order valence-electron chi connectivity index (χ3n) is 15.2. The number of nitrogens with one attached hydrogen (secondary N) is 1. The third-order valence-corrected chi connectivity index (χ3v) is 15.2. The standard InChI is InChI=1S/C63H109NO18/c1-3-5-7-9-11-13-15-17-19-21-23-25-27-29-31-33-35-37-39-41-51(69)64-46(47(68)40-38-36-34-32-30-28-26-24-22-20-18-16-14-12-10-8-6-4-2)45-77-61-57(75)54(72)59(49(43-66)79-61)82-63-58(76)55(73)60(50(44-67)80-63)81-62-56(74)53(71)52(70)48(42-65)78-62/h11,13,17,19,22-25,30,32,38,40,46-50,52-63,65-68,70-76H,3-10,12,14-16,18,20-21,26-29,31,33-37,39,41-45H2,1-2H3,(H,64,69)/b13-11-,19-17-,24-22+,25-23-,32-30+,40-38+. The van der Waals surface area contributed by atoms with E-state index in [-0.39, 0.29) is 18.9 Å². The SMILES string of the molecule is CCCCC/C=C\C/C=C\C/C=C\CCCCCCCCC(=O)NC(COC1OC(CO)C(OC2OC(CO)C(OC3OC(CO)C(O)C(O)C3O)C(O)C2O)C(O)C1O)C(O)/C=C/CC/C=C/CC/C=C/CCCCCCCCCC. The van der Waals surface area contributed by atoms with Gasteiger partial charge in [-0.2, -0.15) is 0 Å². The van der Waals surface area contributed by atoms with Crippen molar-refractivity contribution in [1.29, 1.82) is 0 Å². The van der Waals surface area contributed by atoms with Crippen LogP contribution in [0.4, 0.5) is 0 Å². The molecule has 0 saturated carbocycles. The maximum atomic E-state index is 13.3. The van der Waals surface area contributed by atoms with E-state index >= 15 is 0 Å². The molecule has 1 amide bonds. The Balaban J connectivity index is 1.52. The normalized spacial score (nSPS) is 30.1. The van der Waals surface area contributed by atoms with Crippen molar-refractivity contribution in [2.75, 3.05) is 26.4 Å². The molecule has 474 valence electrons. The third kappa shape index (κ3) is 28.6. The van der Waals surface area contributed by atoms with Gasteiger partial charge in [0.2, 0.25) is 5.91 Å². The monoisotopic (exact) mass is 1170 g/mol. The first kappa shape index (κ1) is 73.5. The summed E-state index contributed by atoms with van der Waals surface area (Å²) < 4.78 is 34.2. The highest BCUT2D eigenvalue weighted by atomic mass is 16.8. The Bertz CT molecular complexity index is 1780. The topological polar surface area (TPSA) is 307 Å². The Morgan fingerprint density at radius 2 is 0.817 bits per heavy atom. The number of aliphatic hydroxyl groups is 11. The molecule has 0 spiro atoms. The van der Waals surface area contributed by atoms with Crippen molar-refractivity contribution in [3.05, 3.63) is 72.9 Å². The van der Waals surface area contributed by atoms with Crippen molar-refractivity contribution in [3.8, 4) is 0 Å². The molecule has 3 heterocycles. The van der Waals surface area contributed by atoms with Crippen LogP contribution < -0.4 is 5.32 Å². The van der Waals surface area contributed by atoms with Crippen LogP contribution in [0.5, 0.6) is 0 Å². The number of hydrogen-bond donors (Lipinski definition) is 12. The van der Waals surface area contributed by atoms with Crippen LogP contribution in [-0.4, -0.2) is 193 Å². The van der Waals surface area contributed by atoms with Gasteiger partial charge < -0.3 is 89.9 Å². The minimum Gasteiger partial charge on any atom is -0.394 e. The van der Waals surface area contributed by atoms with Gasteiger partial charge in [-0.3, -0.25) is 4.79 Å². The van der Waals surface area contributed by atoms with Crippen LogP contribution in [-0.2, 0) is 33.2 Å². The van der Waals surface area contributed by atoms with Gasteiger partial charge in [0, 0.05) is 6.42 Å². The molecule has 12 N–H and O–H groups in total. The van der Waals surface area contributed by atoms with Crippen molar-refractivity contribution in [2.24, 2.45) is 0 Å². The van der Waals surface area contributed by atoms with Crippen LogP contribution >= 0.6 is 0 Å². The summed E-state index contributed by atoms with van der Waals surface area (Å²) in [6.45, 7) is 1.64. The zero-order chi connectivity index (χ0) is 59.7. The molecule has 0 aromatic heterocycles. The van der Waals surface area contributed by atoms with Crippen molar-refractivity contribution < 1.29 is 89.4 Å². The van der Waals surface area contributed by atoms with Gasteiger partial charge in [-0.1, -0.05) is 170 Å². The molecule has 17 unspecified atom stereocenters. The van der Waals surface area contributed by atoms with E-state index < -0.39 is 124 Å². The largest absolute Gasteiger partial charge is 0.394 e. The first-order valence-corrected chi connectivity index (χ1v) is 31.2. The zero-order valence-electron chi connectivity index (χ0n) is 49.4. The maximum Gasteiger partial charge on any atom is 0.220 e. The fourth-order valence-corrected chi connectivity index (χ4v) is 10.1. The first-order chi connectivity index (χ1) is 39.8. The quantitative estimate of drug-likeness (QED) is 0.0238. The maximum absolute atomic E-state index is 13.3. The van der Waals surface area contributed by atoms with Crippen LogP contribution in [0.15, 0.2) is 72.9 Å². The predicted molar refractivity (Wildman–Crippen MR) is 314 cm³/mol. The molecule has 82 heavy (non-hydrogen) atoms. The summed E-state index contributed by atoms with van der Waals surface area (Å²) >= 11 is 0. The van der Waals surface area contributed by atoms with E-state index in [4.69, 9.17) is 28.4 Å². The van der Waals surface area contributed by atoms with Crippen molar-refractivity contribution in [2.45, 2.75) is 291 Å². The number of aliphatic hydroxyl groups excluding tert-OH is 11. The number of carbonyl (C=O) groups excluding carboxylic acids is 1. The summed E-state index contributed by atoms with van der Waals surface area (Å²) in [5, 5.41) is 120. The molecule has 19 nitrogen and oxygen atoms in total. The van der Waals surface area contributed by atoms with Crippen LogP contribution in [0, 0.1) is 0 Å².